The first-order valence-electron chi connectivity index (χ1n) is 7.42. The van der Waals surface area contributed by atoms with Crippen LogP contribution in [0.25, 0.3) is 0 Å². The van der Waals surface area contributed by atoms with Crippen LogP contribution in [0.1, 0.15) is 33.6 Å². The van der Waals surface area contributed by atoms with Crippen molar-refractivity contribution in [1.29, 1.82) is 0 Å². The van der Waals surface area contributed by atoms with Crippen molar-refractivity contribution >= 4 is 40.3 Å². The lowest BCUT2D eigenvalue weighted by atomic mass is 10.1. The molecule has 1 N–H and O–H groups in total. The molecule has 1 atom stereocenters. The number of benzene rings is 1. The fourth-order valence-corrected chi connectivity index (χ4v) is 2.66. The van der Waals surface area contributed by atoms with E-state index in [0.29, 0.717) is 28.6 Å². The number of carbonyl (C=O) groups is 2. The number of ether oxygens (including phenoxy) is 1. The second-order valence-electron chi connectivity index (χ2n) is 6.50. The van der Waals surface area contributed by atoms with Gasteiger partial charge in [-0.15, -0.1) is 0 Å². The van der Waals surface area contributed by atoms with Gasteiger partial charge in [-0.3, -0.25) is 4.79 Å². The third kappa shape index (κ3) is 4.79. The number of piperidine rings is 1. The lowest BCUT2D eigenvalue weighted by molar-refractivity contribution is -0.128. The first-order valence-corrected chi connectivity index (χ1v) is 8.50. The van der Waals surface area contributed by atoms with Crippen LogP contribution in [-0.2, 0) is 9.53 Å². The zero-order valence-electron chi connectivity index (χ0n) is 13.4. The lowest BCUT2D eigenvalue weighted by Gasteiger charge is -2.32. The lowest BCUT2D eigenvalue weighted by Crippen LogP contribution is -2.49. The molecule has 5 nitrogen and oxygen atoms in total. The Morgan fingerprint density at radius 1 is 1.43 bits per heavy atom. The molecule has 0 saturated carbocycles. The molecule has 1 saturated heterocycles. The Balaban J connectivity index is 2.09. The molecule has 0 unspecified atom stereocenters. The molecule has 0 aliphatic carbocycles. The smallest absolute Gasteiger partial charge is 0.408 e. The Morgan fingerprint density at radius 3 is 2.74 bits per heavy atom. The summed E-state index contributed by atoms with van der Waals surface area (Å²) < 4.78 is 19.5. The van der Waals surface area contributed by atoms with Crippen molar-refractivity contribution < 1.29 is 18.7 Å². The van der Waals surface area contributed by atoms with Crippen LogP contribution in [-0.4, -0.2) is 30.2 Å². The molecule has 7 heteroatoms. The van der Waals surface area contributed by atoms with E-state index in [1.54, 1.807) is 12.1 Å². The zero-order valence-corrected chi connectivity index (χ0v) is 15.5. The Kier molecular flexibility index (Phi) is 5.49. The minimum absolute atomic E-state index is 0.319. The number of alkyl carbamates (subject to hydrolysis) is 1. The average molecular weight is 434 g/mol. The normalized spacial score (nSPS) is 18.7. The molecule has 1 aliphatic rings. The highest BCUT2D eigenvalue weighted by molar-refractivity contribution is 14.1. The van der Waals surface area contributed by atoms with Gasteiger partial charge in [0.1, 0.15) is 5.82 Å². The number of nitrogens with one attached hydrogen (secondary N) is 1. The largest absolute Gasteiger partial charge is 0.436 e. The molecule has 0 aromatic heterocycles. The van der Waals surface area contributed by atoms with E-state index in [4.69, 9.17) is 4.74 Å². The number of rotatable bonds is 2. The van der Waals surface area contributed by atoms with Crippen molar-refractivity contribution in [2.75, 3.05) is 11.4 Å². The fraction of sp³-hybridized carbons (Fsp3) is 0.500. The molecule has 23 heavy (non-hydrogen) atoms. The molecule has 0 bridgehead atoms. The van der Waals surface area contributed by atoms with E-state index in [0.717, 1.165) is 0 Å². The first-order chi connectivity index (χ1) is 10.7. The summed E-state index contributed by atoms with van der Waals surface area (Å²) in [6.45, 7) is 5.98. The predicted octanol–water partition coefficient (Wildman–Crippen LogP) is 3.45. The molecule has 126 valence electrons. The molecule has 2 rings (SSSR count). The molecule has 1 aromatic rings. The minimum Gasteiger partial charge on any atom is -0.436 e. The van der Waals surface area contributed by atoms with Crippen LogP contribution in [0.3, 0.4) is 0 Å². The van der Waals surface area contributed by atoms with E-state index in [2.05, 4.69) is 5.32 Å². The highest BCUT2D eigenvalue weighted by Crippen LogP contribution is 2.25. The summed E-state index contributed by atoms with van der Waals surface area (Å²) in [5, 5.41) is 2.67. The van der Waals surface area contributed by atoms with Crippen LogP contribution < -0.4 is 10.2 Å². The molecular formula is C16H20FIN2O3. The summed E-state index contributed by atoms with van der Waals surface area (Å²) >= 11 is 1.89. The number of amides is 2. The van der Waals surface area contributed by atoms with E-state index in [1.807, 2.05) is 43.4 Å². The molecule has 1 heterocycles. The van der Waals surface area contributed by atoms with E-state index >= 15 is 0 Å². The monoisotopic (exact) mass is 434 g/mol. The number of hydrogen-bond acceptors (Lipinski definition) is 3. The van der Waals surface area contributed by atoms with Gasteiger partial charge in [0.15, 0.2) is 6.10 Å². The maximum Gasteiger partial charge on any atom is 0.408 e. The van der Waals surface area contributed by atoms with Gasteiger partial charge in [0.2, 0.25) is 0 Å². The van der Waals surface area contributed by atoms with Crippen LogP contribution in [0.2, 0.25) is 0 Å². The van der Waals surface area contributed by atoms with Crippen LogP contribution >= 0.6 is 22.6 Å². The van der Waals surface area contributed by atoms with Gasteiger partial charge in [0.05, 0.1) is 0 Å². The average Bonchev–Trinajstić information content (AvgIpc) is 2.42. The maximum atomic E-state index is 13.7. The van der Waals surface area contributed by atoms with Gasteiger partial charge in [-0.05, 0) is 74.4 Å². The quantitative estimate of drug-likeness (QED) is 0.726. The molecule has 0 radical (unpaired) electrons. The highest BCUT2D eigenvalue weighted by atomic mass is 127. The molecular weight excluding hydrogens is 414 g/mol. The third-order valence-electron chi connectivity index (χ3n) is 3.33. The maximum absolute atomic E-state index is 13.7. The highest BCUT2D eigenvalue weighted by Gasteiger charge is 2.33. The second kappa shape index (κ2) is 7.02. The molecule has 1 aliphatic heterocycles. The zero-order chi connectivity index (χ0) is 17.2. The Morgan fingerprint density at radius 2 is 2.13 bits per heavy atom. The number of carbonyl (C=O) groups excluding carboxylic acids is 2. The van der Waals surface area contributed by atoms with E-state index in [-0.39, 0.29) is 11.7 Å². The van der Waals surface area contributed by atoms with Gasteiger partial charge in [-0.2, -0.15) is 0 Å². The van der Waals surface area contributed by atoms with Crippen LogP contribution in [0, 0.1) is 9.39 Å². The van der Waals surface area contributed by atoms with Crippen molar-refractivity contribution in [3.8, 4) is 0 Å². The summed E-state index contributed by atoms with van der Waals surface area (Å²) in [6.07, 6.45) is -0.299. The van der Waals surface area contributed by atoms with E-state index in [9.17, 15) is 14.0 Å². The number of nitrogens with zero attached hydrogens (tertiary/aromatic N) is 1. The van der Waals surface area contributed by atoms with Crippen molar-refractivity contribution in [2.24, 2.45) is 0 Å². The van der Waals surface area contributed by atoms with E-state index in [1.165, 1.54) is 11.0 Å². The Labute approximate surface area is 148 Å². The van der Waals surface area contributed by atoms with Gasteiger partial charge in [0.25, 0.3) is 5.91 Å². The van der Waals surface area contributed by atoms with Gasteiger partial charge >= 0.3 is 6.09 Å². The SMILES string of the molecule is CC(C)(C)NC(=O)O[C@@H]1CCCN(c2ccc(I)c(F)c2)C1=O. The van der Waals surface area contributed by atoms with Gasteiger partial charge < -0.3 is 15.0 Å². The molecule has 1 fully saturated rings. The van der Waals surface area contributed by atoms with Gasteiger partial charge in [-0.1, -0.05) is 0 Å². The van der Waals surface area contributed by atoms with Crippen LogP contribution in [0.5, 0.6) is 0 Å². The predicted molar refractivity (Wildman–Crippen MR) is 93.9 cm³/mol. The third-order valence-corrected chi connectivity index (χ3v) is 4.21. The molecule has 1 aromatic carbocycles. The summed E-state index contributed by atoms with van der Waals surface area (Å²) in [6, 6.07) is 4.65. The second-order valence-corrected chi connectivity index (χ2v) is 7.66. The van der Waals surface area contributed by atoms with E-state index < -0.39 is 17.7 Å². The molecule has 0 spiro atoms. The van der Waals surface area contributed by atoms with Gasteiger partial charge in [-0.25, -0.2) is 9.18 Å². The molecule has 2 amide bonds. The standard InChI is InChI=1S/C16H20FIN2O3/c1-16(2,3)19-15(22)23-13-5-4-8-20(14(13)21)10-6-7-12(18)11(17)9-10/h6-7,9,13H,4-5,8H2,1-3H3,(H,19,22)/t13-/m1/s1. The summed E-state index contributed by atoms with van der Waals surface area (Å²) in [4.78, 5) is 25.8. The Bertz CT molecular complexity index is 616. The number of halogens is 2. The first kappa shape index (κ1) is 18.0. The summed E-state index contributed by atoms with van der Waals surface area (Å²) in [5.41, 5.74) is 0.0470. The topological polar surface area (TPSA) is 58.6 Å². The summed E-state index contributed by atoms with van der Waals surface area (Å²) in [7, 11) is 0. The fourth-order valence-electron chi connectivity index (χ4n) is 2.33. The number of hydrogen-bond donors (Lipinski definition) is 1. The Hall–Kier alpha value is -1.38. The summed E-state index contributed by atoms with van der Waals surface area (Å²) in [5.74, 6) is -0.690. The van der Waals surface area contributed by atoms with Gasteiger partial charge in [0, 0.05) is 21.3 Å². The number of anilines is 1. The van der Waals surface area contributed by atoms with Crippen molar-refractivity contribution in [2.45, 2.75) is 45.3 Å². The van der Waals surface area contributed by atoms with Crippen molar-refractivity contribution in [3.63, 3.8) is 0 Å². The van der Waals surface area contributed by atoms with Crippen LogP contribution in [0.4, 0.5) is 14.9 Å². The minimum atomic E-state index is -0.839. The van der Waals surface area contributed by atoms with Crippen molar-refractivity contribution in [3.05, 3.63) is 27.6 Å². The van der Waals surface area contributed by atoms with Crippen LogP contribution in [0.15, 0.2) is 18.2 Å². The van der Waals surface area contributed by atoms with Crippen molar-refractivity contribution in [1.82, 2.24) is 5.32 Å².